The predicted octanol–water partition coefficient (Wildman–Crippen LogP) is 3.15. The minimum Gasteiger partial charge on any atom is -0.353 e. The Kier molecular flexibility index (Phi) is 6.48. The molecule has 26 heavy (non-hydrogen) atoms. The normalized spacial score (nSPS) is 21.1. The van der Waals surface area contributed by atoms with Crippen LogP contribution in [0.2, 0.25) is 0 Å². The maximum Gasteiger partial charge on any atom is 0.236 e. The van der Waals surface area contributed by atoms with Crippen molar-refractivity contribution in [2.75, 3.05) is 13.1 Å². The average molecular weight is 377 g/mol. The third-order valence-electron chi connectivity index (χ3n) is 5.37. The molecule has 2 aliphatic rings. The number of nitrogens with zero attached hydrogens (tertiary/aromatic N) is 1. The molecule has 5 nitrogen and oxygen atoms in total. The second-order valence-electron chi connectivity index (χ2n) is 7.28. The Labute approximate surface area is 156 Å². The molecule has 1 N–H and O–H groups in total. The van der Waals surface area contributed by atoms with E-state index in [4.69, 9.17) is 0 Å². The summed E-state index contributed by atoms with van der Waals surface area (Å²) < 4.78 is 26.5. The SMILES string of the molecule is O=C(NC1CCCCC1)C1CCN(S(=O)(=O)/C=C/c2ccccc2)CC1. The molecule has 1 heterocycles. The van der Waals surface area contributed by atoms with Gasteiger partial charge in [0.25, 0.3) is 0 Å². The number of amides is 1. The second kappa shape index (κ2) is 8.82. The number of piperidine rings is 1. The van der Waals surface area contributed by atoms with Crippen molar-refractivity contribution >= 4 is 22.0 Å². The zero-order chi connectivity index (χ0) is 18.4. The first-order valence-corrected chi connectivity index (χ1v) is 11.1. The lowest BCUT2D eigenvalue weighted by Gasteiger charge is -2.31. The quantitative estimate of drug-likeness (QED) is 0.858. The van der Waals surface area contributed by atoms with Gasteiger partial charge in [-0.3, -0.25) is 4.79 Å². The molecular formula is C20H28N2O3S. The van der Waals surface area contributed by atoms with Gasteiger partial charge >= 0.3 is 0 Å². The summed E-state index contributed by atoms with van der Waals surface area (Å²) >= 11 is 0. The Hall–Kier alpha value is -1.66. The number of carbonyl (C=O) groups excluding carboxylic acids is 1. The zero-order valence-electron chi connectivity index (χ0n) is 15.1. The van der Waals surface area contributed by atoms with Gasteiger partial charge in [0.05, 0.1) is 0 Å². The summed E-state index contributed by atoms with van der Waals surface area (Å²) in [7, 11) is -3.44. The first kappa shape index (κ1) is 19.1. The number of nitrogens with one attached hydrogen (secondary N) is 1. The molecule has 2 fully saturated rings. The Morgan fingerprint density at radius 1 is 1.00 bits per heavy atom. The summed E-state index contributed by atoms with van der Waals surface area (Å²) in [4.78, 5) is 12.4. The van der Waals surface area contributed by atoms with Crippen molar-refractivity contribution in [3.8, 4) is 0 Å². The van der Waals surface area contributed by atoms with Crippen molar-refractivity contribution in [1.29, 1.82) is 0 Å². The van der Waals surface area contributed by atoms with E-state index in [9.17, 15) is 13.2 Å². The molecule has 1 aliphatic carbocycles. The monoisotopic (exact) mass is 376 g/mol. The molecule has 0 aromatic heterocycles. The molecular weight excluding hydrogens is 348 g/mol. The lowest BCUT2D eigenvalue weighted by atomic mass is 9.93. The van der Waals surface area contributed by atoms with E-state index in [1.807, 2.05) is 30.3 Å². The Morgan fingerprint density at radius 3 is 2.31 bits per heavy atom. The summed E-state index contributed by atoms with van der Waals surface area (Å²) in [6.07, 6.45) is 8.60. The van der Waals surface area contributed by atoms with E-state index in [0.29, 0.717) is 32.0 Å². The molecule has 0 spiro atoms. The van der Waals surface area contributed by atoms with E-state index >= 15 is 0 Å². The maximum absolute atomic E-state index is 12.5. The van der Waals surface area contributed by atoms with Crippen LogP contribution in [0.3, 0.4) is 0 Å². The maximum atomic E-state index is 12.5. The van der Waals surface area contributed by atoms with Gasteiger partial charge in [0.15, 0.2) is 0 Å². The van der Waals surface area contributed by atoms with Crippen LogP contribution in [0.5, 0.6) is 0 Å². The largest absolute Gasteiger partial charge is 0.353 e. The third-order valence-corrected chi connectivity index (χ3v) is 6.93. The fraction of sp³-hybridized carbons (Fsp3) is 0.550. The molecule has 0 atom stereocenters. The molecule has 0 bridgehead atoms. The number of rotatable bonds is 5. The average Bonchev–Trinajstić information content (AvgIpc) is 2.68. The summed E-state index contributed by atoms with van der Waals surface area (Å²) in [6, 6.07) is 9.70. The smallest absolute Gasteiger partial charge is 0.236 e. The van der Waals surface area contributed by atoms with Gasteiger partial charge in [0.1, 0.15) is 0 Å². The highest BCUT2D eigenvalue weighted by molar-refractivity contribution is 7.92. The minimum absolute atomic E-state index is 0.0681. The van der Waals surface area contributed by atoms with Crippen LogP contribution in [0.4, 0.5) is 0 Å². The first-order valence-electron chi connectivity index (χ1n) is 9.58. The molecule has 1 aromatic rings. The molecule has 3 rings (SSSR count). The minimum atomic E-state index is -3.44. The highest BCUT2D eigenvalue weighted by Gasteiger charge is 2.30. The van der Waals surface area contributed by atoms with Gasteiger partial charge in [-0.25, -0.2) is 8.42 Å². The van der Waals surface area contributed by atoms with Crippen LogP contribution in [0.25, 0.3) is 6.08 Å². The first-order chi connectivity index (χ1) is 12.5. The molecule has 0 unspecified atom stereocenters. The van der Waals surface area contributed by atoms with E-state index in [2.05, 4.69) is 5.32 Å². The fourth-order valence-electron chi connectivity index (χ4n) is 3.75. The predicted molar refractivity (Wildman–Crippen MR) is 104 cm³/mol. The van der Waals surface area contributed by atoms with Gasteiger partial charge in [0, 0.05) is 30.5 Å². The fourth-order valence-corrected chi connectivity index (χ4v) is 4.97. The molecule has 1 aromatic carbocycles. The van der Waals surface area contributed by atoms with E-state index in [1.54, 1.807) is 6.08 Å². The van der Waals surface area contributed by atoms with Crippen molar-refractivity contribution in [3.05, 3.63) is 41.3 Å². The summed E-state index contributed by atoms with van der Waals surface area (Å²) in [5, 5.41) is 4.44. The summed E-state index contributed by atoms with van der Waals surface area (Å²) in [6.45, 7) is 0.814. The van der Waals surface area contributed by atoms with Crippen LogP contribution in [-0.4, -0.2) is 37.8 Å². The van der Waals surface area contributed by atoms with Gasteiger partial charge < -0.3 is 5.32 Å². The van der Waals surface area contributed by atoms with Crippen LogP contribution in [-0.2, 0) is 14.8 Å². The molecule has 1 saturated carbocycles. The molecule has 1 aliphatic heterocycles. The van der Waals surface area contributed by atoms with E-state index in [-0.39, 0.29) is 11.8 Å². The zero-order valence-corrected chi connectivity index (χ0v) is 16.0. The molecule has 0 radical (unpaired) electrons. The lowest BCUT2D eigenvalue weighted by Crippen LogP contribution is -2.45. The number of hydrogen-bond donors (Lipinski definition) is 1. The van der Waals surface area contributed by atoms with Crippen molar-refractivity contribution in [2.45, 2.75) is 51.0 Å². The van der Waals surface area contributed by atoms with Gasteiger partial charge in [-0.1, -0.05) is 49.6 Å². The van der Waals surface area contributed by atoms with E-state index < -0.39 is 10.0 Å². The standard InChI is InChI=1S/C20H28N2O3S/c23-20(21-19-9-5-2-6-10-19)18-11-14-22(15-12-18)26(24,25)16-13-17-7-3-1-4-8-17/h1,3-4,7-8,13,16,18-19H,2,5-6,9-12,14-15H2,(H,21,23)/b16-13+. The lowest BCUT2D eigenvalue weighted by molar-refractivity contribution is -0.127. The molecule has 6 heteroatoms. The Balaban J connectivity index is 1.50. The van der Waals surface area contributed by atoms with Crippen molar-refractivity contribution < 1.29 is 13.2 Å². The highest BCUT2D eigenvalue weighted by atomic mass is 32.2. The Morgan fingerprint density at radius 2 is 1.65 bits per heavy atom. The van der Waals surface area contributed by atoms with Crippen molar-refractivity contribution in [2.24, 2.45) is 5.92 Å². The van der Waals surface area contributed by atoms with Crippen LogP contribution < -0.4 is 5.32 Å². The number of sulfonamides is 1. The van der Waals surface area contributed by atoms with Crippen LogP contribution in [0.1, 0.15) is 50.5 Å². The van der Waals surface area contributed by atoms with Crippen LogP contribution in [0, 0.1) is 5.92 Å². The number of carbonyl (C=O) groups is 1. The van der Waals surface area contributed by atoms with Crippen LogP contribution in [0.15, 0.2) is 35.7 Å². The highest BCUT2D eigenvalue weighted by Crippen LogP contribution is 2.23. The second-order valence-corrected chi connectivity index (χ2v) is 9.09. The van der Waals surface area contributed by atoms with Crippen molar-refractivity contribution in [3.63, 3.8) is 0 Å². The van der Waals surface area contributed by atoms with Gasteiger partial charge in [-0.15, -0.1) is 0 Å². The number of benzene rings is 1. The molecule has 1 saturated heterocycles. The molecule has 1 amide bonds. The van der Waals surface area contributed by atoms with Gasteiger partial charge in [0.2, 0.25) is 15.9 Å². The van der Waals surface area contributed by atoms with Gasteiger partial charge in [-0.05, 0) is 37.3 Å². The topological polar surface area (TPSA) is 66.5 Å². The Bertz CT molecular complexity index is 717. The number of hydrogen-bond acceptors (Lipinski definition) is 3. The van der Waals surface area contributed by atoms with E-state index in [1.165, 1.54) is 29.0 Å². The van der Waals surface area contributed by atoms with Gasteiger partial charge in [-0.2, -0.15) is 4.31 Å². The summed E-state index contributed by atoms with van der Waals surface area (Å²) in [5.74, 6) is 0.0373. The molecule has 142 valence electrons. The van der Waals surface area contributed by atoms with Crippen molar-refractivity contribution in [1.82, 2.24) is 9.62 Å². The third kappa shape index (κ3) is 5.17. The van der Waals surface area contributed by atoms with E-state index in [0.717, 1.165) is 18.4 Å². The summed E-state index contributed by atoms with van der Waals surface area (Å²) in [5.41, 5.74) is 0.859. The van der Waals surface area contributed by atoms with Crippen LogP contribution >= 0.6 is 0 Å².